The van der Waals surface area contributed by atoms with Crippen molar-refractivity contribution in [1.82, 2.24) is 0 Å². The highest BCUT2D eigenvalue weighted by Crippen LogP contribution is 2.49. The molecule has 3 aromatic carbocycles. The van der Waals surface area contributed by atoms with E-state index in [0.717, 1.165) is 15.9 Å². The van der Waals surface area contributed by atoms with Crippen molar-refractivity contribution < 1.29 is 14.6 Å². The summed E-state index contributed by atoms with van der Waals surface area (Å²) in [6.45, 7) is 0. The molecule has 1 aliphatic heterocycles. The Balaban J connectivity index is 1.83. The summed E-state index contributed by atoms with van der Waals surface area (Å²) in [4.78, 5) is 15.3. The standard InChI is InChI=1S/C29H23BrCl2N2O3/c1-37-20-11-8-16(9-12-20)28(36)27-25(21-13-10-18(31)15-22(21)32)26-23(6-3-7-24(26)35)34(29(27)33)19-5-2-4-17(30)14-19/h2,4-5,8-15,25,33,36H,3,6-7H2,1H3/b28-27+,33-29?. The van der Waals surface area contributed by atoms with Gasteiger partial charge in [-0.3, -0.25) is 15.1 Å². The van der Waals surface area contributed by atoms with Gasteiger partial charge in [-0.2, -0.15) is 0 Å². The Kier molecular flexibility index (Phi) is 7.17. The van der Waals surface area contributed by atoms with Gasteiger partial charge in [0.15, 0.2) is 5.78 Å². The largest absolute Gasteiger partial charge is 0.507 e. The van der Waals surface area contributed by atoms with E-state index >= 15 is 0 Å². The molecule has 1 atom stereocenters. The van der Waals surface area contributed by atoms with Crippen LogP contribution in [0.2, 0.25) is 10.0 Å². The fraction of sp³-hybridized carbons (Fsp3) is 0.172. The number of nitrogens with zero attached hydrogens (tertiary/aromatic N) is 1. The maximum absolute atomic E-state index is 13.6. The number of amidine groups is 1. The van der Waals surface area contributed by atoms with E-state index in [2.05, 4.69) is 15.9 Å². The number of benzene rings is 3. The lowest BCUT2D eigenvalue weighted by atomic mass is 9.73. The lowest BCUT2D eigenvalue weighted by molar-refractivity contribution is -0.116. The van der Waals surface area contributed by atoms with Crippen LogP contribution in [0.1, 0.15) is 36.3 Å². The molecule has 0 saturated heterocycles. The molecule has 5 rings (SSSR count). The third kappa shape index (κ3) is 4.70. The van der Waals surface area contributed by atoms with Crippen molar-refractivity contribution in [2.45, 2.75) is 25.2 Å². The van der Waals surface area contributed by atoms with Crippen molar-refractivity contribution in [3.05, 3.63) is 109 Å². The lowest BCUT2D eigenvalue weighted by Gasteiger charge is -2.42. The second kappa shape index (κ2) is 10.4. The van der Waals surface area contributed by atoms with Crippen molar-refractivity contribution in [2.24, 2.45) is 0 Å². The van der Waals surface area contributed by atoms with E-state index in [9.17, 15) is 15.3 Å². The molecular formula is C29H23BrCl2N2O3. The first-order chi connectivity index (χ1) is 17.8. The fourth-order valence-electron chi connectivity index (χ4n) is 5.04. The van der Waals surface area contributed by atoms with Gasteiger partial charge in [-0.15, -0.1) is 0 Å². The second-order valence-electron chi connectivity index (χ2n) is 8.89. The number of carbonyl (C=O) groups is 1. The molecule has 3 aromatic rings. The van der Waals surface area contributed by atoms with Crippen molar-refractivity contribution in [2.75, 3.05) is 12.0 Å². The molecule has 5 nitrogen and oxygen atoms in total. The number of carbonyl (C=O) groups excluding carboxylic acids is 1. The number of hydrogen-bond donors (Lipinski definition) is 2. The minimum absolute atomic E-state index is 0.0233. The number of ether oxygens (including phenoxy) is 1. The number of rotatable bonds is 4. The third-order valence-electron chi connectivity index (χ3n) is 6.71. The van der Waals surface area contributed by atoms with Gasteiger partial charge in [0.05, 0.1) is 7.11 Å². The van der Waals surface area contributed by atoms with Gasteiger partial charge in [0, 0.05) is 55.0 Å². The number of hydrogen-bond acceptors (Lipinski definition) is 4. The average Bonchev–Trinajstić information content (AvgIpc) is 2.88. The Morgan fingerprint density at radius 2 is 1.84 bits per heavy atom. The minimum Gasteiger partial charge on any atom is -0.507 e. The molecule has 2 N–H and O–H groups in total. The van der Waals surface area contributed by atoms with Crippen LogP contribution < -0.4 is 9.64 Å². The summed E-state index contributed by atoms with van der Waals surface area (Å²) in [6.07, 6.45) is 1.69. The molecule has 0 radical (unpaired) electrons. The van der Waals surface area contributed by atoms with Crippen LogP contribution in [0.15, 0.2) is 88.0 Å². The van der Waals surface area contributed by atoms with E-state index < -0.39 is 5.92 Å². The van der Waals surface area contributed by atoms with E-state index in [1.165, 1.54) is 0 Å². The van der Waals surface area contributed by atoms with E-state index in [0.29, 0.717) is 57.3 Å². The number of ketones is 1. The van der Waals surface area contributed by atoms with Crippen molar-refractivity contribution in [3.8, 4) is 5.75 Å². The van der Waals surface area contributed by atoms with E-state index in [1.54, 1.807) is 54.5 Å². The zero-order valence-electron chi connectivity index (χ0n) is 19.9. The molecule has 0 amide bonds. The molecule has 1 aliphatic carbocycles. The summed E-state index contributed by atoms with van der Waals surface area (Å²) in [6, 6.07) is 19.6. The highest BCUT2D eigenvalue weighted by molar-refractivity contribution is 9.10. The van der Waals surface area contributed by atoms with E-state index in [1.807, 2.05) is 24.3 Å². The zero-order chi connectivity index (χ0) is 26.3. The molecule has 0 spiro atoms. The van der Waals surface area contributed by atoms with E-state index in [4.69, 9.17) is 27.9 Å². The highest BCUT2D eigenvalue weighted by atomic mass is 79.9. The first-order valence-corrected chi connectivity index (χ1v) is 13.3. The van der Waals surface area contributed by atoms with Crippen molar-refractivity contribution >= 4 is 62.2 Å². The van der Waals surface area contributed by atoms with Gasteiger partial charge >= 0.3 is 0 Å². The first-order valence-electron chi connectivity index (χ1n) is 11.7. The number of aliphatic hydroxyl groups is 1. The Morgan fingerprint density at radius 1 is 1.08 bits per heavy atom. The monoisotopic (exact) mass is 596 g/mol. The number of halogens is 3. The fourth-order valence-corrected chi connectivity index (χ4v) is 5.95. The maximum atomic E-state index is 13.6. The zero-order valence-corrected chi connectivity index (χ0v) is 23.0. The summed E-state index contributed by atoms with van der Waals surface area (Å²) in [5.74, 6) is -0.138. The number of Topliss-reactive ketones (excluding diaryl/α,β-unsaturated/α-hetero) is 1. The molecule has 37 heavy (non-hydrogen) atoms. The Bertz CT molecular complexity index is 1480. The molecule has 2 aliphatic rings. The van der Waals surface area contributed by atoms with Crippen LogP contribution >= 0.6 is 39.1 Å². The second-order valence-corrected chi connectivity index (χ2v) is 10.6. The van der Waals surface area contributed by atoms with Gasteiger partial charge in [-0.25, -0.2) is 0 Å². The molecule has 0 bridgehead atoms. The van der Waals surface area contributed by atoms with Crippen LogP contribution in [-0.4, -0.2) is 23.8 Å². The Morgan fingerprint density at radius 3 is 2.51 bits per heavy atom. The molecular weight excluding hydrogens is 575 g/mol. The van der Waals surface area contributed by atoms with Crippen LogP contribution in [0.25, 0.3) is 5.76 Å². The summed E-state index contributed by atoms with van der Waals surface area (Å²) in [5, 5.41) is 21.9. The molecule has 1 heterocycles. The number of nitrogens with one attached hydrogen (secondary N) is 1. The normalized spacial score (nSPS) is 19.1. The highest BCUT2D eigenvalue weighted by Gasteiger charge is 2.43. The molecule has 0 fully saturated rings. The number of aliphatic hydroxyl groups excluding tert-OH is 1. The molecule has 0 aromatic heterocycles. The number of methoxy groups -OCH3 is 1. The summed E-state index contributed by atoms with van der Waals surface area (Å²) >= 11 is 16.4. The smallest absolute Gasteiger partial charge is 0.161 e. The summed E-state index contributed by atoms with van der Waals surface area (Å²) in [5.41, 5.74) is 3.42. The average molecular weight is 598 g/mol. The lowest BCUT2D eigenvalue weighted by Crippen LogP contribution is -2.42. The van der Waals surface area contributed by atoms with Crippen LogP contribution in [0.4, 0.5) is 5.69 Å². The quantitative estimate of drug-likeness (QED) is 0.297. The topological polar surface area (TPSA) is 73.6 Å². The van der Waals surface area contributed by atoms with Crippen LogP contribution in [-0.2, 0) is 4.79 Å². The van der Waals surface area contributed by atoms with E-state index in [-0.39, 0.29) is 17.4 Å². The first kappa shape index (κ1) is 25.6. The van der Waals surface area contributed by atoms with Crippen molar-refractivity contribution in [1.29, 1.82) is 5.41 Å². The predicted molar refractivity (Wildman–Crippen MR) is 152 cm³/mol. The maximum Gasteiger partial charge on any atom is 0.161 e. The van der Waals surface area contributed by atoms with Gasteiger partial charge in [0.2, 0.25) is 0 Å². The Labute approximate surface area is 233 Å². The van der Waals surface area contributed by atoms with Crippen molar-refractivity contribution in [3.63, 3.8) is 0 Å². The molecule has 1 unspecified atom stereocenters. The van der Waals surface area contributed by atoms with Crippen LogP contribution in [0, 0.1) is 5.41 Å². The predicted octanol–water partition coefficient (Wildman–Crippen LogP) is 8.32. The van der Waals surface area contributed by atoms with Gasteiger partial charge in [-0.05, 0) is 73.0 Å². The van der Waals surface area contributed by atoms with Crippen LogP contribution in [0.5, 0.6) is 5.75 Å². The SMILES string of the molecule is COc1ccc(/C(O)=C2\C(=N)N(c3cccc(Br)c3)C3=C(C(=O)CCC3)C2c2ccc(Cl)cc2Cl)cc1. The van der Waals surface area contributed by atoms with Gasteiger partial charge in [-0.1, -0.05) is 51.3 Å². The van der Waals surface area contributed by atoms with Gasteiger partial charge in [0.25, 0.3) is 0 Å². The molecule has 188 valence electrons. The van der Waals surface area contributed by atoms with Gasteiger partial charge in [0.1, 0.15) is 17.3 Å². The van der Waals surface area contributed by atoms with Crippen LogP contribution in [0.3, 0.4) is 0 Å². The number of anilines is 1. The summed E-state index contributed by atoms with van der Waals surface area (Å²) in [7, 11) is 1.57. The molecule has 8 heteroatoms. The summed E-state index contributed by atoms with van der Waals surface area (Å²) < 4.78 is 6.11. The molecule has 0 saturated carbocycles. The number of allylic oxidation sites excluding steroid dienone is 2. The van der Waals surface area contributed by atoms with Gasteiger partial charge < -0.3 is 9.84 Å². The minimum atomic E-state index is -0.731. The third-order valence-corrected chi connectivity index (χ3v) is 7.77. The Hall–Kier alpha value is -3.06.